The number of pyridine rings is 1. The third-order valence-electron chi connectivity index (χ3n) is 3.88. The molecule has 128 valence electrons. The molecule has 0 bridgehead atoms. The molecule has 1 amide bonds. The Bertz CT molecular complexity index is 1080. The lowest BCUT2D eigenvalue weighted by molar-refractivity contribution is -0.105. The maximum absolute atomic E-state index is 10.6. The molecule has 4 rings (SSSR count). The molecule has 0 spiro atoms. The first kappa shape index (κ1) is 15.8. The van der Waals surface area contributed by atoms with Crippen molar-refractivity contribution in [2.75, 3.05) is 5.32 Å². The number of nitrogens with zero attached hydrogens (tertiary/aromatic N) is 4. The summed E-state index contributed by atoms with van der Waals surface area (Å²) in [6.07, 6.45) is 5.94. The molecule has 4 aromatic rings. The molecule has 0 aliphatic carbocycles. The van der Waals surface area contributed by atoms with Gasteiger partial charge in [-0.3, -0.25) is 9.78 Å². The number of hydrogen-bond donors (Lipinski definition) is 1. The van der Waals surface area contributed by atoms with Crippen LogP contribution in [-0.2, 0) is 11.8 Å². The van der Waals surface area contributed by atoms with E-state index in [-0.39, 0.29) is 0 Å². The van der Waals surface area contributed by atoms with Crippen LogP contribution in [0.4, 0.5) is 5.69 Å². The van der Waals surface area contributed by atoms with E-state index in [9.17, 15) is 4.79 Å². The summed E-state index contributed by atoms with van der Waals surface area (Å²) in [5.41, 5.74) is 3.01. The van der Waals surface area contributed by atoms with Gasteiger partial charge in [0.15, 0.2) is 5.82 Å². The van der Waals surface area contributed by atoms with Gasteiger partial charge in [0.1, 0.15) is 11.3 Å². The average Bonchev–Trinajstić information content (AvgIpc) is 3.04. The number of carbonyl (C=O) groups is 1. The zero-order chi connectivity index (χ0) is 17.9. The highest BCUT2D eigenvalue weighted by Gasteiger charge is 2.14. The van der Waals surface area contributed by atoms with Crippen LogP contribution in [0, 0.1) is 0 Å². The molecule has 0 unspecified atom stereocenters. The Labute approximate surface area is 149 Å². The van der Waals surface area contributed by atoms with Crippen molar-refractivity contribution in [2.45, 2.75) is 0 Å². The first-order valence-electron chi connectivity index (χ1n) is 7.96. The molecule has 7 nitrogen and oxygen atoms in total. The van der Waals surface area contributed by atoms with Crippen molar-refractivity contribution >= 4 is 23.1 Å². The van der Waals surface area contributed by atoms with E-state index in [2.05, 4.69) is 20.3 Å². The smallest absolute Gasteiger partial charge is 0.247 e. The predicted octanol–water partition coefficient (Wildman–Crippen LogP) is 3.39. The summed E-state index contributed by atoms with van der Waals surface area (Å²) >= 11 is 0. The molecule has 1 aromatic carbocycles. The number of amides is 1. The molecular formula is C19H15N5O2. The summed E-state index contributed by atoms with van der Waals surface area (Å²) in [6, 6.07) is 12.8. The molecule has 3 heterocycles. The number of ether oxygens (including phenoxy) is 1. The lowest BCUT2D eigenvalue weighted by Gasteiger charge is -2.10. The van der Waals surface area contributed by atoms with Crippen molar-refractivity contribution in [1.82, 2.24) is 19.5 Å². The largest absolute Gasteiger partial charge is 0.437 e. The van der Waals surface area contributed by atoms with Crippen LogP contribution in [-0.4, -0.2) is 25.9 Å². The molecule has 0 radical (unpaired) electrons. The van der Waals surface area contributed by atoms with E-state index in [1.165, 1.54) is 0 Å². The van der Waals surface area contributed by atoms with Crippen molar-refractivity contribution in [2.24, 2.45) is 7.05 Å². The summed E-state index contributed by atoms with van der Waals surface area (Å²) in [4.78, 5) is 24.0. The van der Waals surface area contributed by atoms with Gasteiger partial charge < -0.3 is 14.6 Å². The van der Waals surface area contributed by atoms with Crippen LogP contribution in [0.25, 0.3) is 22.4 Å². The lowest BCUT2D eigenvalue weighted by atomic mass is 10.2. The van der Waals surface area contributed by atoms with Crippen molar-refractivity contribution in [3.05, 3.63) is 61.1 Å². The summed E-state index contributed by atoms with van der Waals surface area (Å²) in [7, 11) is 1.91. The molecule has 0 saturated heterocycles. The van der Waals surface area contributed by atoms with E-state index in [1.54, 1.807) is 36.7 Å². The second-order valence-corrected chi connectivity index (χ2v) is 5.65. The first-order valence-corrected chi connectivity index (χ1v) is 7.96. The number of aromatic nitrogens is 4. The Morgan fingerprint density at radius 2 is 2.08 bits per heavy atom. The Hall–Kier alpha value is -3.74. The highest BCUT2D eigenvalue weighted by Crippen LogP contribution is 2.31. The standard InChI is InChI=1S/C19H15N5O2/c1-24-9-7-16-17(24)19(23-18(22-16)13-4-3-8-20-11-13)26-15-6-2-5-14(10-15)21-12-25/h2-12H,1H3,(H,21,25). The van der Waals surface area contributed by atoms with Crippen LogP contribution in [0.5, 0.6) is 11.6 Å². The first-order chi connectivity index (χ1) is 12.7. The Balaban J connectivity index is 1.81. The second-order valence-electron chi connectivity index (χ2n) is 5.65. The minimum atomic E-state index is 0.435. The van der Waals surface area contributed by atoms with Crippen molar-refractivity contribution in [3.63, 3.8) is 0 Å². The van der Waals surface area contributed by atoms with Gasteiger partial charge >= 0.3 is 0 Å². The van der Waals surface area contributed by atoms with Gasteiger partial charge in [0.2, 0.25) is 12.3 Å². The van der Waals surface area contributed by atoms with Gasteiger partial charge in [-0.15, -0.1) is 0 Å². The summed E-state index contributed by atoms with van der Waals surface area (Å²) in [5, 5.41) is 2.61. The number of rotatable bonds is 5. The third kappa shape index (κ3) is 2.98. The van der Waals surface area contributed by atoms with E-state index in [4.69, 9.17) is 4.74 Å². The van der Waals surface area contributed by atoms with Crippen LogP contribution < -0.4 is 10.1 Å². The minimum Gasteiger partial charge on any atom is -0.437 e. The number of aryl methyl sites for hydroxylation is 1. The predicted molar refractivity (Wildman–Crippen MR) is 97.9 cm³/mol. The highest BCUT2D eigenvalue weighted by atomic mass is 16.5. The molecule has 3 aromatic heterocycles. The van der Waals surface area contributed by atoms with Gasteiger partial charge in [-0.05, 0) is 30.3 Å². The van der Waals surface area contributed by atoms with Gasteiger partial charge in [0.05, 0.1) is 5.52 Å². The molecule has 7 heteroatoms. The monoisotopic (exact) mass is 345 g/mol. The number of nitrogens with one attached hydrogen (secondary N) is 1. The molecule has 0 aliphatic rings. The number of anilines is 1. The van der Waals surface area contributed by atoms with Crippen molar-refractivity contribution < 1.29 is 9.53 Å². The molecular weight excluding hydrogens is 330 g/mol. The van der Waals surface area contributed by atoms with E-state index in [1.807, 2.05) is 36.0 Å². The third-order valence-corrected chi connectivity index (χ3v) is 3.88. The Morgan fingerprint density at radius 3 is 2.88 bits per heavy atom. The SMILES string of the molecule is Cn1ccc2nc(-c3cccnc3)nc(Oc3cccc(NC=O)c3)c21. The average molecular weight is 345 g/mol. The summed E-state index contributed by atoms with van der Waals surface area (Å²) in [6.45, 7) is 0. The van der Waals surface area contributed by atoms with Crippen molar-refractivity contribution in [1.29, 1.82) is 0 Å². The summed E-state index contributed by atoms with van der Waals surface area (Å²) < 4.78 is 7.94. The molecule has 0 fully saturated rings. The zero-order valence-electron chi connectivity index (χ0n) is 14.0. The van der Waals surface area contributed by atoms with Crippen LogP contribution in [0.15, 0.2) is 61.1 Å². The fourth-order valence-electron chi connectivity index (χ4n) is 2.68. The quantitative estimate of drug-likeness (QED) is 0.561. The number of hydrogen-bond acceptors (Lipinski definition) is 5. The van der Waals surface area contributed by atoms with Crippen LogP contribution in [0.1, 0.15) is 0 Å². The minimum absolute atomic E-state index is 0.435. The van der Waals surface area contributed by atoms with E-state index >= 15 is 0 Å². The Morgan fingerprint density at radius 1 is 1.15 bits per heavy atom. The fraction of sp³-hybridized carbons (Fsp3) is 0.0526. The maximum Gasteiger partial charge on any atom is 0.247 e. The van der Waals surface area contributed by atoms with Crippen LogP contribution in [0.3, 0.4) is 0 Å². The molecule has 0 saturated carbocycles. The van der Waals surface area contributed by atoms with Gasteiger partial charge in [-0.1, -0.05) is 6.07 Å². The molecule has 26 heavy (non-hydrogen) atoms. The van der Waals surface area contributed by atoms with Gasteiger partial charge in [0, 0.05) is 43.0 Å². The normalized spacial score (nSPS) is 10.7. The fourth-order valence-corrected chi connectivity index (χ4v) is 2.68. The number of benzene rings is 1. The highest BCUT2D eigenvalue weighted by molar-refractivity contribution is 5.83. The lowest BCUT2D eigenvalue weighted by Crippen LogP contribution is -1.99. The number of fused-ring (bicyclic) bond motifs is 1. The zero-order valence-corrected chi connectivity index (χ0v) is 14.0. The number of carbonyl (C=O) groups excluding carboxylic acids is 1. The topological polar surface area (TPSA) is 81.9 Å². The molecule has 0 atom stereocenters. The van der Waals surface area contributed by atoms with Gasteiger partial charge in [0.25, 0.3) is 0 Å². The molecule has 1 N–H and O–H groups in total. The maximum atomic E-state index is 10.6. The van der Waals surface area contributed by atoms with E-state index < -0.39 is 0 Å². The van der Waals surface area contributed by atoms with Crippen LogP contribution in [0.2, 0.25) is 0 Å². The second kappa shape index (κ2) is 6.64. The van der Waals surface area contributed by atoms with Crippen LogP contribution >= 0.6 is 0 Å². The van der Waals surface area contributed by atoms with E-state index in [0.29, 0.717) is 29.6 Å². The Kier molecular flexibility index (Phi) is 4.03. The summed E-state index contributed by atoms with van der Waals surface area (Å²) in [5.74, 6) is 1.54. The van der Waals surface area contributed by atoms with Gasteiger partial charge in [-0.25, -0.2) is 4.98 Å². The van der Waals surface area contributed by atoms with E-state index in [0.717, 1.165) is 16.6 Å². The molecule has 0 aliphatic heterocycles. The van der Waals surface area contributed by atoms with Crippen molar-refractivity contribution in [3.8, 4) is 23.0 Å². The van der Waals surface area contributed by atoms with Gasteiger partial charge in [-0.2, -0.15) is 4.98 Å².